The lowest BCUT2D eigenvalue weighted by Gasteiger charge is -2.19. The zero-order valence-electron chi connectivity index (χ0n) is 11.8. The van der Waals surface area contributed by atoms with Crippen molar-refractivity contribution in [2.24, 2.45) is 0 Å². The van der Waals surface area contributed by atoms with E-state index in [0.29, 0.717) is 5.22 Å². The van der Waals surface area contributed by atoms with E-state index >= 15 is 0 Å². The average Bonchev–Trinajstić information content (AvgIpc) is 2.90. The minimum atomic E-state index is -0.0738. The van der Waals surface area contributed by atoms with Crippen LogP contribution >= 0.6 is 11.6 Å². The maximum atomic E-state index is 6.10. The Morgan fingerprint density at radius 1 is 1.20 bits per heavy atom. The summed E-state index contributed by atoms with van der Waals surface area (Å²) in [4.78, 5) is 0. The van der Waals surface area contributed by atoms with Gasteiger partial charge in [0.1, 0.15) is 11.5 Å². The van der Waals surface area contributed by atoms with Crippen molar-refractivity contribution in [3.8, 4) is 11.5 Å². The van der Waals surface area contributed by atoms with Crippen LogP contribution in [0.1, 0.15) is 24.1 Å². The van der Waals surface area contributed by atoms with Gasteiger partial charge in [0.2, 0.25) is 0 Å². The van der Waals surface area contributed by atoms with Crippen LogP contribution in [-0.4, -0.2) is 20.8 Å². The first-order chi connectivity index (χ1) is 9.69. The van der Waals surface area contributed by atoms with Crippen LogP contribution in [0, 0.1) is 0 Å². The lowest BCUT2D eigenvalue weighted by molar-refractivity contribution is 0.392. The van der Waals surface area contributed by atoms with Crippen LogP contribution in [0.5, 0.6) is 11.5 Å². The highest BCUT2D eigenvalue weighted by molar-refractivity contribution is 6.29. The molecule has 20 heavy (non-hydrogen) atoms. The van der Waals surface area contributed by atoms with Crippen molar-refractivity contribution < 1.29 is 13.9 Å². The van der Waals surface area contributed by atoms with Gasteiger partial charge in [0.25, 0.3) is 0 Å². The number of methoxy groups -OCH3 is 2. The van der Waals surface area contributed by atoms with Crippen LogP contribution < -0.4 is 14.8 Å². The summed E-state index contributed by atoms with van der Waals surface area (Å²) in [7, 11) is 3.26. The first-order valence-electron chi connectivity index (χ1n) is 6.38. The highest BCUT2D eigenvalue weighted by Gasteiger charge is 2.19. The van der Waals surface area contributed by atoms with Crippen molar-refractivity contribution in [1.29, 1.82) is 0 Å². The second-order valence-corrected chi connectivity index (χ2v) is 4.63. The highest BCUT2D eigenvalue weighted by Crippen LogP contribution is 2.33. The van der Waals surface area contributed by atoms with Crippen LogP contribution in [0.2, 0.25) is 5.22 Å². The fourth-order valence-electron chi connectivity index (χ4n) is 2.12. The van der Waals surface area contributed by atoms with Crippen LogP contribution in [-0.2, 0) is 0 Å². The number of ether oxygens (including phenoxy) is 2. The summed E-state index contributed by atoms with van der Waals surface area (Å²) in [6.45, 7) is 2.84. The second-order valence-electron chi connectivity index (χ2n) is 4.29. The number of benzene rings is 1. The quantitative estimate of drug-likeness (QED) is 0.883. The first-order valence-corrected chi connectivity index (χ1v) is 6.76. The van der Waals surface area contributed by atoms with Gasteiger partial charge in [-0.05, 0) is 41.9 Å². The summed E-state index contributed by atoms with van der Waals surface area (Å²) in [5, 5.41) is 3.78. The Balaban J connectivity index is 2.46. The van der Waals surface area contributed by atoms with E-state index in [1.54, 1.807) is 20.5 Å². The molecule has 0 aliphatic heterocycles. The molecule has 0 aliphatic rings. The maximum Gasteiger partial charge on any atom is 0.198 e. The molecule has 0 aliphatic carbocycles. The summed E-state index contributed by atoms with van der Waals surface area (Å²) in [6.07, 6.45) is 1.58. The minimum absolute atomic E-state index is 0.0738. The number of rotatable bonds is 6. The molecule has 0 saturated carbocycles. The summed E-state index contributed by atoms with van der Waals surface area (Å²) in [5.74, 6) is 1.48. The molecule has 1 aromatic carbocycles. The molecular formula is C15H18ClNO3. The molecule has 1 N–H and O–H groups in total. The third kappa shape index (κ3) is 3.08. The monoisotopic (exact) mass is 295 g/mol. The molecule has 5 heteroatoms. The Hall–Kier alpha value is -1.65. The lowest BCUT2D eigenvalue weighted by atomic mass is 10.0. The number of hydrogen-bond acceptors (Lipinski definition) is 4. The molecule has 1 unspecified atom stereocenters. The summed E-state index contributed by atoms with van der Waals surface area (Å²) < 4.78 is 15.8. The van der Waals surface area contributed by atoms with Crippen molar-refractivity contribution in [3.05, 3.63) is 46.9 Å². The third-order valence-electron chi connectivity index (χ3n) is 3.07. The van der Waals surface area contributed by atoms with E-state index < -0.39 is 0 Å². The first kappa shape index (κ1) is 14.8. The molecule has 1 aromatic heterocycles. The van der Waals surface area contributed by atoms with E-state index in [1.807, 2.05) is 31.2 Å². The van der Waals surface area contributed by atoms with Crippen molar-refractivity contribution >= 4 is 11.6 Å². The van der Waals surface area contributed by atoms with Crippen molar-refractivity contribution in [2.75, 3.05) is 20.8 Å². The Labute approximate surface area is 123 Å². The van der Waals surface area contributed by atoms with Gasteiger partial charge in [-0.15, -0.1) is 0 Å². The zero-order valence-corrected chi connectivity index (χ0v) is 12.5. The predicted molar refractivity (Wildman–Crippen MR) is 78.8 cm³/mol. The van der Waals surface area contributed by atoms with Crippen LogP contribution in [0.25, 0.3) is 0 Å². The van der Waals surface area contributed by atoms with Gasteiger partial charge in [-0.1, -0.05) is 6.92 Å². The molecule has 2 rings (SSSR count). The van der Waals surface area contributed by atoms with Gasteiger partial charge in [0.05, 0.1) is 26.5 Å². The molecule has 1 atom stereocenters. The van der Waals surface area contributed by atoms with Crippen LogP contribution in [0.3, 0.4) is 0 Å². The molecular weight excluding hydrogens is 278 g/mol. The van der Waals surface area contributed by atoms with Crippen molar-refractivity contribution in [1.82, 2.24) is 5.32 Å². The maximum absolute atomic E-state index is 6.10. The standard InChI is InChI=1S/C15H18ClNO3/c1-4-17-14(13-5-6-20-15(13)16)10-7-11(18-2)9-12(8-10)19-3/h5-9,14,17H,4H2,1-3H3. The molecule has 0 radical (unpaired) electrons. The molecule has 2 aromatic rings. The molecule has 0 spiro atoms. The number of furan rings is 1. The molecule has 0 saturated heterocycles. The van der Waals surface area contributed by atoms with E-state index in [1.165, 1.54) is 0 Å². The summed E-state index contributed by atoms with van der Waals surface area (Å²) >= 11 is 6.10. The van der Waals surface area contributed by atoms with E-state index in [4.69, 9.17) is 25.5 Å². The van der Waals surface area contributed by atoms with Gasteiger partial charge >= 0.3 is 0 Å². The Morgan fingerprint density at radius 2 is 1.85 bits per heavy atom. The second kappa shape index (κ2) is 6.68. The van der Waals surface area contributed by atoms with Crippen molar-refractivity contribution in [3.63, 3.8) is 0 Å². The molecule has 108 valence electrons. The van der Waals surface area contributed by atoms with Crippen molar-refractivity contribution in [2.45, 2.75) is 13.0 Å². The highest BCUT2D eigenvalue weighted by atomic mass is 35.5. The van der Waals surface area contributed by atoms with Gasteiger partial charge in [0.15, 0.2) is 5.22 Å². The predicted octanol–water partition coefficient (Wildman–Crippen LogP) is 3.65. The lowest BCUT2D eigenvalue weighted by Crippen LogP contribution is -2.21. The topological polar surface area (TPSA) is 43.6 Å². The molecule has 0 bridgehead atoms. The Kier molecular flexibility index (Phi) is 4.93. The number of halogens is 1. The Morgan fingerprint density at radius 3 is 2.30 bits per heavy atom. The van der Waals surface area contributed by atoms with Gasteiger partial charge in [-0.2, -0.15) is 0 Å². The normalized spacial score (nSPS) is 12.2. The molecule has 1 heterocycles. The number of hydrogen-bond donors (Lipinski definition) is 1. The van der Waals surface area contributed by atoms with Gasteiger partial charge in [-0.3, -0.25) is 0 Å². The molecule has 0 fully saturated rings. The van der Waals surface area contributed by atoms with Crippen LogP contribution in [0.15, 0.2) is 34.9 Å². The van der Waals surface area contributed by atoms with E-state index in [2.05, 4.69) is 5.32 Å². The average molecular weight is 296 g/mol. The molecule has 4 nitrogen and oxygen atoms in total. The van der Waals surface area contributed by atoms with Crippen LogP contribution in [0.4, 0.5) is 0 Å². The fraction of sp³-hybridized carbons (Fsp3) is 0.333. The van der Waals surface area contributed by atoms with Gasteiger partial charge in [-0.25, -0.2) is 0 Å². The largest absolute Gasteiger partial charge is 0.497 e. The van der Waals surface area contributed by atoms with Gasteiger partial charge in [0, 0.05) is 11.6 Å². The number of nitrogens with one attached hydrogen (secondary N) is 1. The Bertz CT molecular complexity index is 546. The van der Waals surface area contributed by atoms with E-state index in [-0.39, 0.29) is 6.04 Å². The van der Waals surface area contributed by atoms with E-state index in [9.17, 15) is 0 Å². The minimum Gasteiger partial charge on any atom is -0.497 e. The summed E-state index contributed by atoms with van der Waals surface area (Å²) in [5.41, 5.74) is 1.90. The summed E-state index contributed by atoms with van der Waals surface area (Å²) in [6, 6.07) is 7.54. The fourth-order valence-corrected chi connectivity index (χ4v) is 2.34. The SMILES string of the molecule is CCNC(c1cc(OC)cc(OC)c1)c1ccoc1Cl. The van der Waals surface area contributed by atoms with Gasteiger partial charge < -0.3 is 19.2 Å². The zero-order chi connectivity index (χ0) is 14.5. The molecule has 0 amide bonds. The smallest absolute Gasteiger partial charge is 0.198 e. The van der Waals surface area contributed by atoms with E-state index in [0.717, 1.165) is 29.2 Å². The third-order valence-corrected chi connectivity index (χ3v) is 3.38.